The predicted molar refractivity (Wildman–Crippen MR) is 79.6 cm³/mol. The molecule has 3 rings (SSSR count). The molecule has 0 spiro atoms. The van der Waals surface area contributed by atoms with Crippen LogP contribution in [0.3, 0.4) is 0 Å². The van der Waals surface area contributed by atoms with Crippen LogP contribution in [0.15, 0.2) is 34.8 Å². The lowest BCUT2D eigenvalue weighted by Gasteiger charge is -2.20. The number of fused-ring (bicyclic) bond motifs is 1. The fourth-order valence-electron chi connectivity index (χ4n) is 2.59. The average molecular weight is 321 g/mol. The first-order valence-electron chi connectivity index (χ1n) is 6.13. The summed E-state index contributed by atoms with van der Waals surface area (Å²) in [4.78, 5) is 2.22. The number of hydrogen-bond acceptors (Lipinski definition) is 2. The normalized spacial score (nSPS) is 13.7. The number of aryl methyl sites for hydroxylation is 1. The Kier molecular flexibility index (Phi) is 2.97. The number of hydrogen-bond donors (Lipinski definition) is 1. The molecule has 0 unspecified atom stereocenters. The maximum Gasteiger partial charge on any atom is 0.137 e. The van der Waals surface area contributed by atoms with Gasteiger partial charge in [-0.25, -0.2) is 4.39 Å². The van der Waals surface area contributed by atoms with E-state index in [0.717, 1.165) is 30.0 Å². The molecular weight excluding hydrogens is 307 g/mol. The van der Waals surface area contributed by atoms with E-state index in [9.17, 15) is 4.39 Å². The van der Waals surface area contributed by atoms with Gasteiger partial charge in [0.15, 0.2) is 0 Å². The lowest BCUT2D eigenvalue weighted by molar-refractivity contribution is 0.619. The summed E-state index contributed by atoms with van der Waals surface area (Å²) in [5, 5.41) is 0. The maximum atomic E-state index is 13.5. The molecule has 0 amide bonds. The monoisotopic (exact) mass is 320 g/mol. The Morgan fingerprint density at radius 2 is 2.05 bits per heavy atom. The van der Waals surface area contributed by atoms with Crippen LogP contribution in [0.1, 0.15) is 16.7 Å². The van der Waals surface area contributed by atoms with Crippen LogP contribution >= 0.6 is 15.9 Å². The second kappa shape index (κ2) is 4.53. The molecule has 1 aliphatic heterocycles. The first kappa shape index (κ1) is 12.5. The van der Waals surface area contributed by atoms with Crippen molar-refractivity contribution >= 4 is 27.3 Å². The van der Waals surface area contributed by atoms with Gasteiger partial charge in [0.25, 0.3) is 0 Å². The lowest BCUT2D eigenvalue weighted by atomic mass is 10.1. The van der Waals surface area contributed by atoms with Crippen molar-refractivity contribution in [1.82, 2.24) is 0 Å². The van der Waals surface area contributed by atoms with Crippen molar-refractivity contribution in [2.45, 2.75) is 20.0 Å². The third kappa shape index (κ3) is 2.10. The molecule has 98 valence electrons. The molecule has 0 aromatic heterocycles. The molecule has 0 saturated heterocycles. The Balaban J connectivity index is 1.99. The number of nitrogens with zero attached hydrogens (tertiary/aromatic N) is 1. The van der Waals surface area contributed by atoms with Crippen LogP contribution in [0, 0.1) is 12.7 Å². The molecule has 0 bridgehead atoms. The number of nitrogens with two attached hydrogens (primary N) is 1. The van der Waals surface area contributed by atoms with E-state index in [0.29, 0.717) is 4.47 Å². The smallest absolute Gasteiger partial charge is 0.137 e. The highest BCUT2D eigenvalue weighted by atomic mass is 79.9. The number of halogens is 2. The van der Waals surface area contributed by atoms with Gasteiger partial charge in [-0.3, -0.25) is 0 Å². The van der Waals surface area contributed by atoms with Crippen LogP contribution in [0.25, 0.3) is 0 Å². The topological polar surface area (TPSA) is 29.3 Å². The molecule has 0 aliphatic carbocycles. The van der Waals surface area contributed by atoms with Crippen LogP contribution < -0.4 is 10.6 Å². The Morgan fingerprint density at radius 3 is 2.79 bits per heavy atom. The molecule has 0 fully saturated rings. The molecule has 2 nitrogen and oxygen atoms in total. The van der Waals surface area contributed by atoms with E-state index in [1.54, 1.807) is 6.07 Å². The van der Waals surface area contributed by atoms with E-state index in [1.807, 2.05) is 25.1 Å². The minimum Gasteiger partial charge on any atom is -0.398 e. The summed E-state index contributed by atoms with van der Waals surface area (Å²) in [6, 6.07) is 9.40. The van der Waals surface area contributed by atoms with Crippen LogP contribution in [-0.4, -0.2) is 0 Å². The van der Waals surface area contributed by atoms with Crippen molar-refractivity contribution in [3.05, 3.63) is 57.3 Å². The molecule has 0 atom stereocenters. The Bertz CT molecular complexity index is 655. The van der Waals surface area contributed by atoms with Crippen molar-refractivity contribution in [2.75, 3.05) is 10.6 Å². The largest absolute Gasteiger partial charge is 0.398 e. The van der Waals surface area contributed by atoms with Gasteiger partial charge >= 0.3 is 0 Å². The highest BCUT2D eigenvalue weighted by Gasteiger charge is 2.22. The van der Waals surface area contributed by atoms with E-state index in [1.165, 1.54) is 11.1 Å². The van der Waals surface area contributed by atoms with Crippen molar-refractivity contribution < 1.29 is 4.39 Å². The third-order valence-electron chi connectivity index (χ3n) is 3.60. The zero-order valence-electron chi connectivity index (χ0n) is 10.6. The van der Waals surface area contributed by atoms with Gasteiger partial charge in [0, 0.05) is 24.5 Å². The van der Waals surface area contributed by atoms with Gasteiger partial charge in [0.2, 0.25) is 0 Å². The van der Waals surface area contributed by atoms with Crippen molar-refractivity contribution in [2.24, 2.45) is 0 Å². The lowest BCUT2D eigenvalue weighted by Crippen LogP contribution is -2.16. The van der Waals surface area contributed by atoms with Gasteiger partial charge in [-0.05, 0) is 57.7 Å². The van der Waals surface area contributed by atoms with E-state index in [2.05, 4.69) is 26.9 Å². The fraction of sp³-hybridized carbons (Fsp3) is 0.200. The Morgan fingerprint density at radius 1 is 1.26 bits per heavy atom. The molecule has 1 aliphatic rings. The molecule has 0 saturated carbocycles. The molecule has 19 heavy (non-hydrogen) atoms. The summed E-state index contributed by atoms with van der Waals surface area (Å²) in [5.41, 5.74) is 11.3. The summed E-state index contributed by atoms with van der Waals surface area (Å²) in [7, 11) is 0. The highest BCUT2D eigenvalue weighted by Crippen LogP contribution is 2.35. The summed E-state index contributed by atoms with van der Waals surface area (Å²) in [6.07, 6.45) is 0. The van der Waals surface area contributed by atoms with Gasteiger partial charge in [0.1, 0.15) is 5.82 Å². The van der Waals surface area contributed by atoms with Gasteiger partial charge in [-0.1, -0.05) is 12.1 Å². The highest BCUT2D eigenvalue weighted by molar-refractivity contribution is 9.10. The van der Waals surface area contributed by atoms with Gasteiger partial charge in [0.05, 0.1) is 4.47 Å². The summed E-state index contributed by atoms with van der Waals surface area (Å²) in [5.74, 6) is -0.225. The van der Waals surface area contributed by atoms with Crippen LogP contribution in [0.4, 0.5) is 15.8 Å². The van der Waals surface area contributed by atoms with Gasteiger partial charge < -0.3 is 10.6 Å². The van der Waals surface area contributed by atoms with E-state index < -0.39 is 0 Å². The Hall–Kier alpha value is -1.55. The minimum atomic E-state index is -0.225. The van der Waals surface area contributed by atoms with Crippen molar-refractivity contribution in [3.63, 3.8) is 0 Å². The molecule has 2 N–H and O–H groups in total. The maximum absolute atomic E-state index is 13.5. The van der Waals surface area contributed by atoms with Crippen molar-refractivity contribution in [1.29, 1.82) is 0 Å². The average Bonchev–Trinajstić information content (AvgIpc) is 2.79. The minimum absolute atomic E-state index is 0.225. The summed E-state index contributed by atoms with van der Waals surface area (Å²) >= 11 is 3.25. The second-order valence-electron chi connectivity index (χ2n) is 4.89. The summed E-state index contributed by atoms with van der Waals surface area (Å²) in [6.45, 7) is 3.53. The van der Waals surface area contributed by atoms with Gasteiger partial charge in [-0.15, -0.1) is 0 Å². The molecule has 4 heteroatoms. The fourth-order valence-corrected chi connectivity index (χ4v) is 2.93. The third-order valence-corrected chi connectivity index (χ3v) is 4.21. The second-order valence-corrected chi connectivity index (χ2v) is 5.75. The predicted octanol–water partition coefficient (Wildman–Crippen LogP) is 4.00. The molecule has 1 heterocycles. The molecule has 2 aromatic carbocycles. The molecule has 0 radical (unpaired) electrons. The SMILES string of the molecule is Cc1cc(F)c(Br)cc1N1Cc2cccc(N)c2C1. The summed E-state index contributed by atoms with van der Waals surface area (Å²) < 4.78 is 14.0. The van der Waals surface area contributed by atoms with Crippen LogP contribution in [-0.2, 0) is 13.1 Å². The number of nitrogen functional groups attached to an aromatic ring is 1. The van der Waals surface area contributed by atoms with Gasteiger partial charge in [-0.2, -0.15) is 0 Å². The first-order valence-corrected chi connectivity index (χ1v) is 6.92. The number of anilines is 2. The Labute approximate surface area is 120 Å². The van der Waals surface area contributed by atoms with Crippen molar-refractivity contribution in [3.8, 4) is 0 Å². The first-order chi connectivity index (χ1) is 9.06. The molecule has 2 aromatic rings. The number of benzene rings is 2. The van der Waals surface area contributed by atoms with E-state index in [4.69, 9.17) is 5.73 Å². The van der Waals surface area contributed by atoms with Crippen LogP contribution in [0.2, 0.25) is 0 Å². The van der Waals surface area contributed by atoms with E-state index in [-0.39, 0.29) is 5.82 Å². The number of rotatable bonds is 1. The van der Waals surface area contributed by atoms with Crippen LogP contribution in [0.5, 0.6) is 0 Å². The standard InChI is InChI=1S/C15H14BrFN2/c1-9-5-13(17)12(16)6-15(9)19-7-10-3-2-4-14(18)11(10)8-19/h2-6H,7-8,18H2,1H3. The zero-order valence-corrected chi connectivity index (χ0v) is 12.2. The van der Waals surface area contributed by atoms with E-state index >= 15 is 0 Å². The quantitative estimate of drug-likeness (QED) is 0.805. The molecular formula is C15H14BrFN2. The zero-order chi connectivity index (χ0) is 13.6.